The SMILES string of the molecule is CCOC(=O)C(F)n1cc(CC)c(=O)[nH]c1=O. The van der Waals surface area contributed by atoms with Gasteiger partial charge in [0.1, 0.15) is 0 Å². The molecule has 0 aliphatic heterocycles. The Hall–Kier alpha value is -1.92. The monoisotopic (exact) mass is 244 g/mol. The zero-order chi connectivity index (χ0) is 13.0. The van der Waals surface area contributed by atoms with Crippen LogP contribution in [0.3, 0.4) is 0 Å². The lowest BCUT2D eigenvalue weighted by Gasteiger charge is -2.10. The normalized spacial score (nSPS) is 12.2. The molecule has 0 radical (unpaired) electrons. The highest BCUT2D eigenvalue weighted by atomic mass is 19.1. The predicted molar refractivity (Wildman–Crippen MR) is 57.5 cm³/mol. The zero-order valence-electron chi connectivity index (χ0n) is 9.53. The van der Waals surface area contributed by atoms with Crippen LogP contribution in [0.5, 0.6) is 0 Å². The third-order valence-corrected chi connectivity index (χ3v) is 2.15. The zero-order valence-corrected chi connectivity index (χ0v) is 9.53. The second-order valence-electron chi connectivity index (χ2n) is 3.26. The number of hydrogen-bond donors (Lipinski definition) is 1. The van der Waals surface area contributed by atoms with Crippen LogP contribution in [0.4, 0.5) is 4.39 Å². The Bertz CT molecular complexity index is 520. The van der Waals surface area contributed by atoms with Gasteiger partial charge in [-0.15, -0.1) is 0 Å². The van der Waals surface area contributed by atoms with Crippen molar-refractivity contribution in [3.63, 3.8) is 0 Å². The number of aromatic amines is 1. The van der Waals surface area contributed by atoms with Crippen molar-refractivity contribution in [2.75, 3.05) is 6.61 Å². The smallest absolute Gasteiger partial charge is 0.362 e. The van der Waals surface area contributed by atoms with E-state index in [0.29, 0.717) is 11.0 Å². The van der Waals surface area contributed by atoms with Crippen LogP contribution >= 0.6 is 0 Å². The van der Waals surface area contributed by atoms with E-state index in [1.54, 1.807) is 6.92 Å². The van der Waals surface area contributed by atoms with Gasteiger partial charge >= 0.3 is 11.7 Å². The first-order valence-electron chi connectivity index (χ1n) is 5.16. The summed E-state index contributed by atoms with van der Waals surface area (Å²) in [7, 11) is 0. The quantitative estimate of drug-likeness (QED) is 0.763. The van der Waals surface area contributed by atoms with Crippen LogP contribution in [0.1, 0.15) is 25.7 Å². The van der Waals surface area contributed by atoms with E-state index in [1.165, 1.54) is 6.92 Å². The standard InChI is InChI=1S/C10H13FN2O4/c1-3-6-5-13(10(16)12-8(6)14)7(11)9(15)17-4-2/h5,7H,3-4H2,1-2H3,(H,12,14,16). The lowest BCUT2D eigenvalue weighted by Crippen LogP contribution is -2.35. The second kappa shape index (κ2) is 5.42. The predicted octanol–water partition coefficient (Wildman–Crippen LogP) is 0.130. The number of ether oxygens (including phenoxy) is 1. The third-order valence-electron chi connectivity index (χ3n) is 2.15. The Kier molecular flexibility index (Phi) is 4.19. The molecule has 1 rings (SSSR count). The molecule has 1 aromatic heterocycles. The van der Waals surface area contributed by atoms with Gasteiger partial charge in [-0.05, 0) is 13.3 Å². The minimum atomic E-state index is -2.25. The van der Waals surface area contributed by atoms with Crippen molar-refractivity contribution in [3.05, 3.63) is 32.6 Å². The average Bonchev–Trinajstić information content (AvgIpc) is 2.29. The molecular weight excluding hydrogens is 231 g/mol. The molecule has 17 heavy (non-hydrogen) atoms. The van der Waals surface area contributed by atoms with Crippen molar-refractivity contribution in [1.82, 2.24) is 9.55 Å². The van der Waals surface area contributed by atoms with Crippen molar-refractivity contribution < 1.29 is 13.9 Å². The highest BCUT2D eigenvalue weighted by molar-refractivity contribution is 5.72. The number of nitrogens with zero attached hydrogens (tertiary/aromatic N) is 1. The minimum absolute atomic E-state index is 0.0119. The van der Waals surface area contributed by atoms with E-state index in [2.05, 4.69) is 4.74 Å². The molecule has 1 aromatic rings. The van der Waals surface area contributed by atoms with Gasteiger partial charge in [-0.1, -0.05) is 6.92 Å². The molecule has 1 N–H and O–H groups in total. The van der Waals surface area contributed by atoms with Crippen LogP contribution < -0.4 is 11.2 Å². The van der Waals surface area contributed by atoms with Crippen molar-refractivity contribution in [2.24, 2.45) is 0 Å². The molecular formula is C10H13FN2O4. The summed E-state index contributed by atoms with van der Waals surface area (Å²) < 4.78 is 18.6. The molecule has 0 amide bonds. The Morgan fingerprint density at radius 1 is 1.53 bits per heavy atom. The summed E-state index contributed by atoms with van der Waals surface area (Å²) in [4.78, 5) is 35.6. The average molecular weight is 244 g/mol. The molecule has 0 aromatic carbocycles. The van der Waals surface area contributed by atoms with Gasteiger partial charge in [-0.2, -0.15) is 0 Å². The van der Waals surface area contributed by atoms with Crippen molar-refractivity contribution in [3.8, 4) is 0 Å². The molecule has 6 nitrogen and oxygen atoms in total. The maximum absolute atomic E-state index is 13.6. The van der Waals surface area contributed by atoms with Crippen molar-refractivity contribution in [1.29, 1.82) is 0 Å². The van der Waals surface area contributed by atoms with Gasteiger partial charge in [-0.3, -0.25) is 14.3 Å². The largest absolute Gasteiger partial charge is 0.462 e. The number of aryl methyl sites for hydroxylation is 1. The second-order valence-corrected chi connectivity index (χ2v) is 3.26. The highest BCUT2D eigenvalue weighted by Crippen LogP contribution is 2.07. The van der Waals surface area contributed by atoms with E-state index in [9.17, 15) is 18.8 Å². The molecule has 0 spiro atoms. The molecule has 0 aliphatic carbocycles. The van der Waals surface area contributed by atoms with Gasteiger partial charge in [0.15, 0.2) is 0 Å². The topological polar surface area (TPSA) is 81.2 Å². The number of hydrogen-bond acceptors (Lipinski definition) is 4. The summed E-state index contributed by atoms with van der Waals surface area (Å²) in [6.45, 7) is 3.21. The summed E-state index contributed by atoms with van der Waals surface area (Å²) in [6.07, 6.45) is -0.891. The van der Waals surface area contributed by atoms with Crippen LogP contribution in [0, 0.1) is 0 Å². The van der Waals surface area contributed by atoms with Gasteiger partial charge < -0.3 is 4.74 Å². The van der Waals surface area contributed by atoms with Gasteiger partial charge in [-0.25, -0.2) is 14.0 Å². The van der Waals surface area contributed by atoms with Crippen LogP contribution in [0.2, 0.25) is 0 Å². The summed E-state index contributed by atoms with van der Waals surface area (Å²) in [6, 6.07) is 0. The fourth-order valence-corrected chi connectivity index (χ4v) is 1.27. The molecule has 1 atom stereocenters. The lowest BCUT2D eigenvalue weighted by atomic mass is 10.2. The number of nitrogens with one attached hydrogen (secondary N) is 1. The summed E-state index contributed by atoms with van der Waals surface area (Å²) in [5.41, 5.74) is -1.34. The van der Waals surface area contributed by atoms with Gasteiger partial charge in [0, 0.05) is 11.8 Å². The Balaban J connectivity index is 3.18. The van der Waals surface area contributed by atoms with Crippen LogP contribution in [0.25, 0.3) is 0 Å². The van der Waals surface area contributed by atoms with E-state index in [4.69, 9.17) is 0 Å². The molecule has 0 fully saturated rings. The molecule has 0 saturated heterocycles. The maximum atomic E-state index is 13.6. The third kappa shape index (κ3) is 2.80. The summed E-state index contributed by atoms with van der Waals surface area (Å²) in [5, 5.41) is 0. The van der Waals surface area contributed by atoms with Crippen molar-refractivity contribution >= 4 is 5.97 Å². The number of carbonyl (C=O) groups excluding carboxylic acids is 1. The fraction of sp³-hybridized carbons (Fsp3) is 0.500. The van der Waals surface area contributed by atoms with Gasteiger partial charge in [0.2, 0.25) is 0 Å². The molecule has 0 aliphatic rings. The number of esters is 1. The first-order chi connectivity index (χ1) is 8.01. The number of alkyl halides is 1. The van der Waals surface area contributed by atoms with E-state index in [-0.39, 0.29) is 12.2 Å². The molecule has 94 valence electrons. The fourth-order valence-electron chi connectivity index (χ4n) is 1.27. The number of aromatic nitrogens is 2. The number of carbonyl (C=O) groups is 1. The maximum Gasteiger partial charge on any atom is 0.362 e. The number of halogens is 1. The van der Waals surface area contributed by atoms with E-state index in [0.717, 1.165) is 6.20 Å². The Morgan fingerprint density at radius 2 is 2.18 bits per heavy atom. The summed E-state index contributed by atoms with van der Waals surface area (Å²) >= 11 is 0. The van der Waals surface area contributed by atoms with Gasteiger partial charge in [0.05, 0.1) is 6.61 Å². The number of rotatable bonds is 4. The molecule has 1 unspecified atom stereocenters. The van der Waals surface area contributed by atoms with Crippen LogP contribution in [-0.2, 0) is 16.0 Å². The van der Waals surface area contributed by atoms with Crippen LogP contribution in [0.15, 0.2) is 15.8 Å². The molecule has 0 saturated carbocycles. The minimum Gasteiger partial charge on any atom is -0.462 e. The molecule has 0 bridgehead atoms. The summed E-state index contributed by atoms with van der Waals surface area (Å²) in [5.74, 6) is -1.16. The van der Waals surface area contributed by atoms with Crippen molar-refractivity contribution in [2.45, 2.75) is 26.6 Å². The Labute approximate surface area is 96.0 Å². The van der Waals surface area contributed by atoms with E-state index in [1.807, 2.05) is 4.98 Å². The molecule has 7 heteroatoms. The Morgan fingerprint density at radius 3 is 2.71 bits per heavy atom. The first-order valence-corrected chi connectivity index (χ1v) is 5.16. The highest BCUT2D eigenvalue weighted by Gasteiger charge is 2.22. The molecule has 1 heterocycles. The number of H-pyrrole nitrogens is 1. The first kappa shape index (κ1) is 13.1. The van der Waals surface area contributed by atoms with Gasteiger partial charge in [0.25, 0.3) is 11.9 Å². The van der Waals surface area contributed by atoms with E-state index >= 15 is 0 Å². The lowest BCUT2D eigenvalue weighted by molar-refractivity contribution is -0.153. The van der Waals surface area contributed by atoms with E-state index < -0.39 is 23.5 Å². The van der Waals surface area contributed by atoms with Crippen LogP contribution in [-0.4, -0.2) is 22.1 Å².